The van der Waals surface area contributed by atoms with E-state index in [2.05, 4.69) is 0 Å². The average molecular weight is 376 g/mol. The van der Waals surface area contributed by atoms with Crippen LogP contribution in [-0.4, -0.2) is 18.2 Å². The van der Waals surface area contributed by atoms with Gasteiger partial charge in [-0.05, 0) is 36.4 Å². The van der Waals surface area contributed by atoms with Crippen molar-refractivity contribution in [3.05, 3.63) is 91.0 Å². The minimum Gasteiger partial charge on any atom is -0.321 e. The predicted molar refractivity (Wildman–Crippen MR) is 96.5 cm³/mol. The average Bonchev–Trinajstić information content (AvgIpc) is 2.64. The summed E-state index contributed by atoms with van der Waals surface area (Å²) in [6.45, 7) is 0. The SMILES string of the molecule is O=P(O)(O)c1ccccc1.O=S(=O)(c1ccccc1)c1ccccc1. The molecule has 0 unspecified atom stereocenters. The van der Waals surface area contributed by atoms with Gasteiger partial charge in [-0.15, -0.1) is 0 Å². The highest BCUT2D eigenvalue weighted by Crippen LogP contribution is 2.32. The Morgan fingerprint density at radius 3 is 1.20 bits per heavy atom. The molecule has 0 bridgehead atoms. The molecule has 130 valence electrons. The van der Waals surface area contributed by atoms with E-state index < -0.39 is 17.4 Å². The van der Waals surface area contributed by atoms with E-state index in [0.717, 1.165) is 0 Å². The molecule has 2 N–H and O–H groups in total. The Hall–Kier alpha value is -2.24. The molecule has 3 aromatic carbocycles. The summed E-state index contributed by atoms with van der Waals surface area (Å²) in [4.78, 5) is 17.9. The molecule has 0 saturated carbocycles. The number of rotatable bonds is 3. The maximum absolute atomic E-state index is 12.0. The van der Waals surface area contributed by atoms with Crippen molar-refractivity contribution in [2.45, 2.75) is 9.79 Å². The van der Waals surface area contributed by atoms with Gasteiger partial charge in [0.2, 0.25) is 9.84 Å². The van der Waals surface area contributed by atoms with Crippen molar-refractivity contribution in [2.75, 3.05) is 0 Å². The Kier molecular flexibility index (Phi) is 6.28. The van der Waals surface area contributed by atoms with Crippen LogP contribution >= 0.6 is 7.60 Å². The van der Waals surface area contributed by atoms with Crippen LogP contribution < -0.4 is 5.30 Å². The van der Waals surface area contributed by atoms with E-state index in [-0.39, 0.29) is 5.30 Å². The van der Waals surface area contributed by atoms with Crippen molar-refractivity contribution in [3.63, 3.8) is 0 Å². The van der Waals surface area contributed by atoms with Gasteiger partial charge < -0.3 is 9.79 Å². The summed E-state index contributed by atoms with van der Waals surface area (Å²) in [5.74, 6) is 0. The summed E-state index contributed by atoms with van der Waals surface area (Å²) >= 11 is 0. The number of hydrogen-bond acceptors (Lipinski definition) is 3. The molecular weight excluding hydrogens is 359 g/mol. The van der Waals surface area contributed by atoms with E-state index in [1.54, 1.807) is 78.9 Å². The second kappa shape index (κ2) is 8.23. The van der Waals surface area contributed by atoms with Gasteiger partial charge in [-0.3, -0.25) is 4.57 Å². The maximum atomic E-state index is 12.0. The van der Waals surface area contributed by atoms with E-state index in [4.69, 9.17) is 9.79 Å². The monoisotopic (exact) mass is 376 g/mol. The molecule has 0 aliphatic carbocycles. The molecule has 3 rings (SSSR count). The summed E-state index contributed by atoms with van der Waals surface area (Å²) in [6, 6.07) is 24.6. The summed E-state index contributed by atoms with van der Waals surface area (Å²) in [7, 11) is -7.36. The van der Waals surface area contributed by atoms with Gasteiger partial charge in [0.05, 0.1) is 15.1 Å². The highest BCUT2D eigenvalue weighted by Gasteiger charge is 2.16. The van der Waals surface area contributed by atoms with Gasteiger partial charge in [0.1, 0.15) is 0 Å². The molecule has 25 heavy (non-hydrogen) atoms. The fourth-order valence-corrected chi connectivity index (χ4v) is 3.82. The van der Waals surface area contributed by atoms with Crippen molar-refractivity contribution < 1.29 is 22.8 Å². The van der Waals surface area contributed by atoms with Crippen LogP contribution in [0.2, 0.25) is 0 Å². The van der Waals surface area contributed by atoms with Crippen molar-refractivity contribution in [3.8, 4) is 0 Å². The van der Waals surface area contributed by atoms with Crippen LogP contribution in [0.4, 0.5) is 0 Å². The lowest BCUT2D eigenvalue weighted by molar-refractivity contribution is 0.387. The van der Waals surface area contributed by atoms with Crippen molar-refractivity contribution in [1.29, 1.82) is 0 Å². The van der Waals surface area contributed by atoms with Crippen LogP contribution in [-0.2, 0) is 14.4 Å². The lowest BCUT2D eigenvalue weighted by Crippen LogP contribution is -2.01. The third kappa shape index (κ3) is 5.37. The molecule has 0 aliphatic rings. The first-order valence-corrected chi connectivity index (χ1v) is 10.4. The first-order chi connectivity index (χ1) is 11.8. The van der Waals surface area contributed by atoms with Gasteiger partial charge in [-0.2, -0.15) is 0 Å². The smallest absolute Gasteiger partial charge is 0.321 e. The van der Waals surface area contributed by atoms with E-state index in [9.17, 15) is 13.0 Å². The van der Waals surface area contributed by atoms with E-state index in [1.807, 2.05) is 0 Å². The van der Waals surface area contributed by atoms with Gasteiger partial charge in [0.25, 0.3) is 0 Å². The van der Waals surface area contributed by atoms with E-state index in [1.165, 1.54) is 12.1 Å². The van der Waals surface area contributed by atoms with Gasteiger partial charge in [0.15, 0.2) is 0 Å². The Bertz CT molecular complexity index is 891. The summed E-state index contributed by atoms with van der Waals surface area (Å²) in [5, 5.41) is 0.0648. The largest absolute Gasteiger partial charge is 0.356 e. The van der Waals surface area contributed by atoms with Crippen molar-refractivity contribution in [1.82, 2.24) is 0 Å². The number of benzene rings is 3. The van der Waals surface area contributed by atoms with Gasteiger partial charge >= 0.3 is 7.60 Å². The fraction of sp³-hybridized carbons (Fsp3) is 0. The molecular formula is C18H17O5PS. The second-order valence-electron chi connectivity index (χ2n) is 5.01. The molecule has 0 fully saturated rings. The standard InChI is InChI=1S/C12H10O2S.C6H7O3P/c13-15(14,11-7-3-1-4-8-11)12-9-5-2-6-10-12;7-10(8,9)6-4-2-1-3-5-6/h1-10H;1-5H,(H2,7,8,9). The normalized spacial score (nSPS) is 11.3. The van der Waals surface area contributed by atoms with Crippen LogP contribution in [0.15, 0.2) is 101 Å². The van der Waals surface area contributed by atoms with Gasteiger partial charge in [-0.1, -0.05) is 54.6 Å². The molecule has 0 atom stereocenters. The topological polar surface area (TPSA) is 91.7 Å². The minimum absolute atomic E-state index is 0.0648. The highest BCUT2D eigenvalue weighted by molar-refractivity contribution is 7.91. The van der Waals surface area contributed by atoms with E-state index in [0.29, 0.717) is 9.79 Å². The predicted octanol–water partition coefficient (Wildman–Crippen LogP) is 3.01. The molecule has 0 aromatic heterocycles. The summed E-state index contributed by atoms with van der Waals surface area (Å²) in [6.07, 6.45) is 0. The maximum Gasteiger partial charge on any atom is 0.356 e. The molecule has 0 heterocycles. The van der Waals surface area contributed by atoms with Crippen molar-refractivity contribution >= 4 is 22.7 Å². The molecule has 5 nitrogen and oxygen atoms in total. The lowest BCUT2D eigenvalue weighted by atomic mass is 10.4. The molecule has 0 amide bonds. The summed E-state index contributed by atoms with van der Waals surface area (Å²) < 4.78 is 34.6. The molecule has 0 saturated heterocycles. The number of sulfone groups is 1. The lowest BCUT2D eigenvalue weighted by Gasteiger charge is -2.03. The first kappa shape index (κ1) is 19.1. The van der Waals surface area contributed by atoms with Crippen LogP contribution in [0.3, 0.4) is 0 Å². The molecule has 7 heteroatoms. The number of hydrogen-bond donors (Lipinski definition) is 2. The zero-order valence-electron chi connectivity index (χ0n) is 13.1. The second-order valence-corrected chi connectivity index (χ2v) is 8.56. The van der Waals surface area contributed by atoms with Crippen molar-refractivity contribution in [2.24, 2.45) is 0 Å². The zero-order valence-corrected chi connectivity index (χ0v) is 14.8. The third-order valence-electron chi connectivity index (χ3n) is 3.20. The highest BCUT2D eigenvalue weighted by atomic mass is 32.2. The molecule has 0 radical (unpaired) electrons. The Morgan fingerprint density at radius 2 is 0.920 bits per heavy atom. The van der Waals surface area contributed by atoms with Crippen LogP contribution in [0.1, 0.15) is 0 Å². The quantitative estimate of drug-likeness (QED) is 0.686. The third-order valence-corrected chi connectivity index (χ3v) is 5.96. The first-order valence-electron chi connectivity index (χ1n) is 7.28. The van der Waals surface area contributed by atoms with Gasteiger partial charge in [-0.25, -0.2) is 8.42 Å². The molecule has 0 spiro atoms. The summed E-state index contributed by atoms with van der Waals surface area (Å²) in [5.41, 5.74) is 0. The van der Waals surface area contributed by atoms with Crippen LogP contribution in [0.5, 0.6) is 0 Å². The Morgan fingerprint density at radius 1 is 0.600 bits per heavy atom. The minimum atomic E-state index is -4.02. The van der Waals surface area contributed by atoms with Crippen LogP contribution in [0.25, 0.3) is 0 Å². The Labute approximate surface area is 146 Å². The fourth-order valence-electron chi connectivity index (χ4n) is 1.96. The zero-order chi connectivity index (χ0) is 18.3. The van der Waals surface area contributed by atoms with Crippen LogP contribution in [0, 0.1) is 0 Å². The molecule has 3 aromatic rings. The molecule has 0 aliphatic heterocycles. The van der Waals surface area contributed by atoms with E-state index >= 15 is 0 Å². The Balaban J connectivity index is 0.000000196. The van der Waals surface area contributed by atoms with Gasteiger partial charge in [0, 0.05) is 0 Å².